The number of hydrogen-bond donors (Lipinski definition) is 2. The molecule has 116 valence electrons. The molecule has 3 nitrogen and oxygen atoms in total. The fourth-order valence-corrected chi connectivity index (χ4v) is 3.04. The Bertz CT molecular complexity index is 460. The highest BCUT2D eigenvalue weighted by atomic mass is 32.2. The second-order valence-electron chi connectivity index (χ2n) is 5.71. The normalized spacial score (nSPS) is 15.7. The van der Waals surface area contributed by atoms with E-state index >= 15 is 0 Å². The molecule has 0 aromatic heterocycles. The molecule has 21 heavy (non-hydrogen) atoms. The molecule has 1 amide bonds. The molecule has 1 saturated carbocycles. The number of rotatable bonds is 9. The molecule has 1 aliphatic rings. The number of unbranched alkanes of at least 4 members (excludes halogenated alkanes) is 1. The van der Waals surface area contributed by atoms with Crippen LogP contribution in [0.25, 0.3) is 0 Å². The van der Waals surface area contributed by atoms with Gasteiger partial charge in [-0.3, -0.25) is 4.79 Å². The molecule has 0 aliphatic heterocycles. The van der Waals surface area contributed by atoms with Crippen LogP contribution in [0.5, 0.6) is 0 Å². The van der Waals surface area contributed by atoms with E-state index in [0.29, 0.717) is 0 Å². The quantitative estimate of drug-likeness (QED) is 0.543. The van der Waals surface area contributed by atoms with E-state index in [1.165, 1.54) is 23.3 Å². The zero-order chi connectivity index (χ0) is 15.1. The predicted molar refractivity (Wildman–Crippen MR) is 89.5 cm³/mol. The van der Waals surface area contributed by atoms with Crippen LogP contribution in [0.15, 0.2) is 29.2 Å². The molecule has 1 atom stereocenters. The number of thioether (sulfide) groups is 1. The Hall–Kier alpha value is -1.00. The van der Waals surface area contributed by atoms with E-state index in [1.807, 2.05) is 6.92 Å². The lowest BCUT2D eigenvalue weighted by Crippen LogP contribution is -2.31. The molecule has 0 radical (unpaired) electrons. The second-order valence-corrected chi connectivity index (χ2v) is 7.12. The molecule has 0 saturated heterocycles. The number of benzene rings is 1. The summed E-state index contributed by atoms with van der Waals surface area (Å²) in [5.74, 6) is 0.134. The highest BCUT2D eigenvalue weighted by Crippen LogP contribution is 2.25. The summed E-state index contributed by atoms with van der Waals surface area (Å²) >= 11 is 1.63. The lowest BCUT2D eigenvalue weighted by atomic mass is 10.2. The van der Waals surface area contributed by atoms with E-state index < -0.39 is 0 Å². The maximum absolute atomic E-state index is 12.0. The minimum atomic E-state index is -0.0477. The van der Waals surface area contributed by atoms with Crippen LogP contribution in [0.4, 0.5) is 0 Å². The van der Waals surface area contributed by atoms with Crippen LogP contribution in [-0.4, -0.2) is 23.7 Å². The first-order valence-electron chi connectivity index (χ1n) is 7.95. The molecule has 1 aliphatic carbocycles. The number of carbonyl (C=O) groups is 1. The van der Waals surface area contributed by atoms with Crippen LogP contribution < -0.4 is 10.6 Å². The molecule has 2 rings (SSSR count). The predicted octanol–water partition coefficient (Wildman–Crippen LogP) is 3.34. The van der Waals surface area contributed by atoms with Gasteiger partial charge in [0, 0.05) is 24.0 Å². The third kappa shape index (κ3) is 6.10. The van der Waals surface area contributed by atoms with Gasteiger partial charge in [-0.15, -0.1) is 11.8 Å². The van der Waals surface area contributed by atoms with Crippen molar-refractivity contribution in [1.82, 2.24) is 10.6 Å². The van der Waals surface area contributed by atoms with Gasteiger partial charge < -0.3 is 10.6 Å². The van der Waals surface area contributed by atoms with Crippen molar-refractivity contribution in [2.24, 2.45) is 0 Å². The smallest absolute Gasteiger partial charge is 0.233 e. The molecule has 1 aromatic carbocycles. The summed E-state index contributed by atoms with van der Waals surface area (Å²) in [4.78, 5) is 13.2. The summed E-state index contributed by atoms with van der Waals surface area (Å²) in [5.41, 5.74) is 1.30. The van der Waals surface area contributed by atoms with Gasteiger partial charge in [0.15, 0.2) is 0 Å². The Balaban J connectivity index is 1.80. The molecule has 1 fully saturated rings. The molecular weight excluding hydrogens is 280 g/mol. The first kappa shape index (κ1) is 16.4. The van der Waals surface area contributed by atoms with Gasteiger partial charge in [-0.1, -0.05) is 25.5 Å². The first-order chi connectivity index (χ1) is 10.2. The third-order valence-corrected chi connectivity index (χ3v) is 4.68. The average Bonchev–Trinajstić information content (AvgIpc) is 3.30. The van der Waals surface area contributed by atoms with Crippen LogP contribution in [-0.2, 0) is 11.3 Å². The van der Waals surface area contributed by atoms with Gasteiger partial charge in [0.05, 0.1) is 5.25 Å². The van der Waals surface area contributed by atoms with E-state index in [-0.39, 0.29) is 11.2 Å². The number of amides is 1. The lowest BCUT2D eigenvalue weighted by Gasteiger charge is -2.12. The Labute approximate surface area is 132 Å². The highest BCUT2D eigenvalue weighted by Gasteiger charge is 2.20. The van der Waals surface area contributed by atoms with Gasteiger partial charge in [0.25, 0.3) is 0 Å². The minimum Gasteiger partial charge on any atom is -0.355 e. The van der Waals surface area contributed by atoms with Crippen molar-refractivity contribution in [2.45, 2.75) is 62.3 Å². The van der Waals surface area contributed by atoms with Crippen LogP contribution in [0.1, 0.15) is 45.1 Å². The lowest BCUT2D eigenvalue weighted by molar-refractivity contribution is -0.120. The molecule has 2 N–H and O–H groups in total. The minimum absolute atomic E-state index is 0.0477. The van der Waals surface area contributed by atoms with Crippen LogP contribution in [0, 0.1) is 0 Å². The van der Waals surface area contributed by atoms with Gasteiger partial charge in [0.2, 0.25) is 5.91 Å². The topological polar surface area (TPSA) is 41.1 Å². The van der Waals surface area contributed by atoms with Crippen LogP contribution >= 0.6 is 11.8 Å². The number of nitrogens with one attached hydrogen (secondary N) is 2. The van der Waals surface area contributed by atoms with Gasteiger partial charge in [0.1, 0.15) is 0 Å². The van der Waals surface area contributed by atoms with E-state index in [0.717, 1.165) is 32.0 Å². The van der Waals surface area contributed by atoms with Crippen molar-refractivity contribution in [2.75, 3.05) is 6.54 Å². The SMILES string of the molecule is CCCCNC(=O)C(C)Sc1cccc(CNC2CC2)c1. The monoisotopic (exact) mass is 306 g/mol. The fraction of sp³-hybridized carbons (Fsp3) is 0.588. The zero-order valence-electron chi connectivity index (χ0n) is 13.0. The van der Waals surface area contributed by atoms with Crippen LogP contribution in [0.3, 0.4) is 0 Å². The van der Waals surface area contributed by atoms with Gasteiger partial charge >= 0.3 is 0 Å². The maximum atomic E-state index is 12.0. The highest BCUT2D eigenvalue weighted by molar-refractivity contribution is 8.00. The molecular formula is C17H26N2OS. The molecule has 1 aromatic rings. The third-order valence-electron chi connectivity index (χ3n) is 3.58. The van der Waals surface area contributed by atoms with Crippen molar-refractivity contribution in [3.05, 3.63) is 29.8 Å². The Morgan fingerprint density at radius 2 is 2.24 bits per heavy atom. The van der Waals surface area contributed by atoms with Gasteiger partial charge in [-0.25, -0.2) is 0 Å². The summed E-state index contributed by atoms with van der Waals surface area (Å²) in [6.45, 7) is 5.81. The van der Waals surface area contributed by atoms with E-state index in [2.05, 4.69) is 41.8 Å². The van der Waals surface area contributed by atoms with E-state index in [9.17, 15) is 4.79 Å². The Morgan fingerprint density at radius 1 is 1.43 bits per heavy atom. The average molecular weight is 306 g/mol. The van der Waals surface area contributed by atoms with Crippen LogP contribution in [0.2, 0.25) is 0 Å². The van der Waals surface area contributed by atoms with Crippen molar-refractivity contribution < 1.29 is 4.79 Å². The van der Waals surface area contributed by atoms with Crippen molar-refractivity contribution in [3.8, 4) is 0 Å². The van der Waals surface area contributed by atoms with Gasteiger partial charge in [-0.05, 0) is 43.9 Å². The first-order valence-corrected chi connectivity index (χ1v) is 8.83. The second kappa shape index (κ2) is 8.44. The van der Waals surface area contributed by atoms with Crippen molar-refractivity contribution >= 4 is 17.7 Å². The zero-order valence-corrected chi connectivity index (χ0v) is 13.8. The fourth-order valence-electron chi connectivity index (χ4n) is 2.07. The summed E-state index contributed by atoms with van der Waals surface area (Å²) in [6, 6.07) is 9.22. The summed E-state index contributed by atoms with van der Waals surface area (Å²) in [7, 11) is 0. The largest absolute Gasteiger partial charge is 0.355 e. The molecule has 4 heteroatoms. The molecule has 1 unspecified atom stereocenters. The van der Waals surface area contributed by atoms with Crippen molar-refractivity contribution in [3.63, 3.8) is 0 Å². The Morgan fingerprint density at radius 3 is 2.95 bits per heavy atom. The summed E-state index contributed by atoms with van der Waals surface area (Å²) in [5, 5.41) is 6.47. The molecule has 0 bridgehead atoms. The maximum Gasteiger partial charge on any atom is 0.233 e. The van der Waals surface area contributed by atoms with E-state index in [4.69, 9.17) is 0 Å². The number of carbonyl (C=O) groups excluding carboxylic acids is 1. The summed E-state index contributed by atoms with van der Waals surface area (Å²) in [6.07, 6.45) is 4.77. The molecule has 0 spiro atoms. The van der Waals surface area contributed by atoms with Gasteiger partial charge in [-0.2, -0.15) is 0 Å². The van der Waals surface area contributed by atoms with Crippen molar-refractivity contribution in [1.29, 1.82) is 0 Å². The standard InChI is InChI=1S/C17H26N2OS/c1-3-4-10-18-17(20)13(2)21-16-7-5-6-14(11-16)12-19-15-8-9-15/h5-7,11,13,15,19H,3-4,8-10,12H2,1-2H3,(H,18,20). The molecule has 0 heterocycles. The number of hydrogen-bond acceptors (Lipinski definition) is 3. The van der Waals surface area contributed by atoms with E-state index in [1.54, 1.807) is 11.8 Å². The Kier molecular flexibility index (Phi) is 6.58. The summed E-state index contributed by atoms with van der Waals surface area (Å²) < 4.78 is 0.